The predicted octanol–water partition coefficient (Wildman–Crippen LogP) is 3.51. The van der Waals surface area contributed by atoms with E-state index in [-0.39, 0.29) is 18.4 Å². The van der Waals surface area contributed by atoms with Crippen molar-refractivity contribution in [1.29, 1.82) is 0 Å². The van der Waals surface area contributed by atoms with Gasteiger partial charge in [-0.1, -0.05) is 17.7 Å². The Balaban J connectivity index is 0.00000147. The van der Waals surface area contributed by atoms with Gasteiger partial charge >= 0.3 is 0 Å². The Kier molecular flexibility index (Phi) is 5.16. The minimum absolute atomic E-state index is 0. The van der Waals surface area contributed by atoms with E-state index in [0.29, 0.717) is 0 Å². The van der Waals surface area contributed by atoms with E-state index < -0.39 is 0 Å². The second-order valence-electron chi connectivity index (χ2n) is 4.97. The summed E-state index contributed by atoms with van der Waals surface area (Å²) in [6.45, 7) is 6.68. The molecular formula is C15H19ClN2OS. The summed E-state index contributed by atoms with van der Waals surface area (Å²) in [6, 6.07) is 6.76. The molecule has 5 heteroatoms. The van der Waals surface area contributed by atoms with E-state index >= 15 is 0 Å². The Bertz CT molecular complexity index is 579. The van der Waals surface area contributed by atoms with Crippen molar-refractivity contribution in [2.75, 3.05) is 19.8 Å². The largest absolute Gasteiger partial charge is 0.378 e. The number of halogens is 1. The second-order valence-corrected chi connectivity index (χ2v) is 5.86. The van der Waals surface area contributed by atoms with Crippen LogP contribution in [0.5, 0.6) is 0 Å². The van der Waals surface area contributed by atoms with Gasteiger partial charge in [-0.15, -0.1) is 23.7 Å². The first-order valence-corrected chi connectivity index (χ1v) is 7.46. The maximum absolute atomic E-state index is 5.50. The van der Waals surface area contributed by atoms with Crippen molar-refractivity contribution < 1.29 is 4.74 Å². The van der Waals surface area contributed by atoms with Crippen LogP contribution in [0.1, 0.15) is 22.2 Å². The number of rotatable bonds is 2. The first-order chi connectivity index (χ1) is 9.24. The zero-order chi connectivity index (χ0) is 13.2. The molecule has 0 spiro atoms. The number of aryl methyl sites for hydroxylation is 2. The maximum Gasteiger partial charge on any atom is 0.113 e. The van der Waals surface area contributed by atoms with Crippen LogP contribution in [0, 0.1) is 13.8 Å². The summed E-state index contributed by atoms with van der Waals surface area (Å²) in [7, 11) is 0. The molecule has 2 aromatic rings. The molecule has 1 aromatic carbocycles. The molecule has 1 saturated heterocycles. The number of hydrogen-bond donors (Lipinski definition) is 1. The number of morpholine rings is 1. The molecule has 1 atom stereocenters. The highest BCUT2D eigenvalue weighted by Gasteiger charge is 2.19. The van der Waals surface area contributed by atoms with Crippen molar-refractivity contribution in [3.63, 3.8) is 0 Å². The van der Waals surface area contributed by atoms with Crippen LogP contribution >= 0.6 is 23.7 Å². The average Bonchev–Trinajstić information content (AvgIpc) is 2.92. The van der Waals surface area contributed by atoms with Crippen LogP contribution in [0.25, 0.3) is 11.3 Å². The van der Waals surface area contributed by atoms with Crippen LogP contribution in [0.2, 0.25) is 0 Å². The lowest BCUT2D eigenvalue weighted by molar-refractivity contribution is 0.0768. The van der Waals surface area contributed by atoms with E-state index in [1.165, 1.54) is 16.7 Å². The summed E-state index contributed by atoms with van der Waals surface area (Å²) in [4.78, 5) is 4.78. The molecule has 1 aliphatic rings. The number of benzene rings is 1. The van der Waals surface area contributed by atoms with Crippen LogP contribution < -0.4 is 5.32 Å². The van der Waals surface area contributed by atoms with Gasteiger partial charge in [-0.3, -0.25) is 0 Å². The van der Waals surface area contributed by atoms with Crippen LogP contribution in [0.15, 0.2) is 23.6 Å². The third-order valence-electron chi connectivity index (χ3n) is 3.41. The lowest BCUT2D eigenvalue weighted by Gasteiger charge is -2.21. The number of nitrogens with zero attached hydrogens (tertiary/aromatic N) is 1. The van der Waals surface area contributed by atoms with Gasteiger partial charge in [0.15, 0.2) is 0 Å². The minimum atomic E-state index is 0. The fourth-order valence-electron chi connectivity index (χ4n) is 2.31. The molecular weight excluding hydrogens is 292 g/mol. The van der Waals surface area contributed by atoms with Gasteiger partial charge in [-0.2, -0.15) is 0 Å². The molecule has 2 heterocycles. The van der Waals surface area contributed by atoms with Gasteiger partial charge in [0.2, 0.25) is 0 Å². The van der Waals surface area contributed by atoms with Gasteiger partial charge < -0.3 is 10.1 Å². The zero-order valence-electron chi connectivity index (χ0n) is 11.7. The van der Waals surface area contributed by atoms with E-state index in [1.54, 1.807) is 11.3 Å². The Morgan fingerprint density at radius 3 is 2.95 bits per heavy atom. The fraction of sp³-hybridized carbons (Fsp3) is 0.400. The highest BCUT2D eigenvalue weighted by Crippen LogP contribution is 2.29. The van der Waals surface area contributed by atoms with E-state index in [9.17, 15) is 0 Å². The highest BCUT2D eigenvalue weighted by atomic mass is 35.5. The van der Waals surface area contributed by atoms with Crippen LogP contribution in [0.3, 0.4) is 0 Å². The van der Waals surface area contributed by atoms with Crippen LogP contribution in [-0.2, 0) is 4.74 Å². The summed E-state index contributed by atoms with van der Waals surface area (Å²) in [6.07, 6.45) is 0. The van der Waals surface area contributed by atoms with Gasteiger partial charge in [-0.05, 0) is 25.5 Å². The molecule has 0 amide bonds. The second kappa shape index (κ2) is 6.68. The van der Waals surface area contributed by atoms with Crippen molar-refractivity contribution >= 4 is 23.7 Å². The molecule has 0 aliphatic carbocycles. The lowest BCUT2D eigenvalue weighted by atomic mass is 10.0. The number of hydrogen-bond acceptors (Lipinski definition) is 4. The normalized spacial score (nSPS) is 18.6. The Morgan fingerprint density at radius 2 is 2.20 bits per heavy atom. The third kappa shape index (κ3) is 3.20. The van der Waals surface area contributed by atoms with Gasteiger partial charge in [0.05, 0.1) is 24.9 Å². The summed E-state index contributed by atoms with van der Waals surface area (Å²) in [5.74, 6) is 0. The summed E-state index contributed by atoms with van der Waals surface area (Å²) in [5, 5.41) is 6.72. The van der Waals surface area contributed by atoms with Crippen molar-refractivity contribution in [1.82, 2.24) is 10.3 Å². The van der Waals surface area contributed by atoms with Gasteiger partial charge in [0.25, 0.3) is 0 Å². The number of nitrogens with one attached hydrogen (secondary N) is 1. The molecule has 1 aromatic heterocycles. The topological polar surface area (TPSA) is 34.1 Å². The van der Waals surface area contributed by atoms with E-state index in [0.717, 1.165) is 30.5 Å². The van der Waals surface area contributed by atoms with Crippen molar-refractivity contribution in [3.8, 4) is 11.3 Å². The average molecular weight is 311 g/mol. The molecule has 0 bridgehead atoms. The molecule has 108 valence electrons. The van der Waals surface area contributed by atoms with Gasteiger partial charge in [0, 0.05) is 17.5 Å². The predicted molar refractivity (Wildman–Crippen MR) is 85.8 cm³/mol. The summed E-state index contributed by atoms with van der Waals surface area (Å²) < 4.78 is 5.50. The van der Waals surface area contributed by atoms with Crippen LogP contribution in [-0.4, -0.2) is 24.7 Å². The lowest BCUT2D eigenvalue weighted by Crippen LogP contribution is -2.34. The van der Waals surface area contributed by atoms with Crippen LogP contribution in [0.4, 0.5) is 0 Å². The fourth-order valence-corrected chi connectivity index (χ4v) is 3.19. The molecule has 1 aliphatic heterocycles. The van der Waals surface area contributed by atoms with E-state index in [4.69, 9.17) is 9.72 Å². The molecule has 1 N–H and O–H groups in total. The van der Waals surface area contributed by atoms with E-state index in [2.05, 4.69) is 42.7 Å². The Hall–Kier alpha value is -0.940. The molecule has 1 fully saturated rings. The number of thiazole rings is 1. The zero-order valence-corrected chi connectivity index (χ0v) is 13.3. The summed E-state index contributed by atoms with van der Waals surface area (Å²) in [5.41, 5.74) is 4.86. The smallest absolute Gasteiger partial charge is 0.113 e. The van der Waals surface area contributed by atoms with Gasteiger partial charge in [-0.25, -0.2) is 4.98 Å². The van der Waals surface area contributed by atoms with Gasteiger partial charge in [0.1, 0.15) is 5.01 Å². The molecule has 3 rings (SSSR count). The molecule has 0 saturated carbocycles. The van der Waals surface area contributed by atoms with Crippen molar-refractivity contribution in [2.45, 2.75) is 19.9 Å². The summed E-state index contributed by atoms with van der Waals surface area (Å²) >= 11 is 1.71. The molecule has 0 radical (unpaired) electrons. The molecule has 1 unspecified atom stereocenters. The monoisotopic (exact) mass is 310 g/mol. The first kappa shape index (κ1) is 15.4. The van der Waals surface area contributed by atoms with Crippen molar-refractivity contribution in [2.24, 2.45) is 0 Å². The van der Waals surface area contributed by atoms with Crippen molar-refractivity contribution in [3.05, 3.63) is 39.7 Å². The SMILES string of the molecule is Cc1ccc(C)c(-c2csc(C3COCCN3)n2)c1.Cl. The number of ether oxygens (including phenoxy) is 1. The Labute approximate surface area is 129 Å². The quantitative estimate of drug-likeness (QED) is 0.921. The maximum atomic E-state index is 5.50. The number of aromatic nitrogens is 1. The molecule has 3 nitrogen and oxygen atoms in total. The highest BCUT2D eigenvalue weighted by molar-refractivity contribution is 7.10. The molecule has 20 heavy (non-hydrogen) atoms. The third-order valence-corrected chi connectivity index (χ3v) is 4.37. The Morgan fingerprint density at radius 1 is 1.35 bits per heavy atom. The first-order valence-electron chi connectivity index (χ1n) is 6.58. The standard InChI is InChI=1S/C15H18N2OS.ClH/c1-10-3-4-11(2)12(7-10)14-9-19-15(17-14)13-8-18-6-5-16-13;/h3-4,7,9,13,16H,5-6,8H2,1-2H3;1H. The minimum Gasteiger partial charge on any atom is -0.378 e. The van der Waals surface area contributed by atoms with E-state index in [1.807, 2.05) is 0 Å².